The van der Waals surface area contributed by atoms with Gasteiger partial charge in [0.1, 0.15) is 5.01 Å². The molecule has 3 rings (SSSR count). The second-order valence-electron chi connectivity index (χ2n) is 4.79. The smallest absolute Gasteiger partial charge is 0.234 e. The molecule has 0 radical (unpaired) electrons. The van der Waals surface area contributed by atoms with Crippen LogP contribution in [0, 0.1) is 0 Å². The summed E-state index contributed by atoms with van der Waals surface area (Å²) in [6.45, 7) is 0.0802. The van der Waals surface area contributed by atoms with E-state index in [0.29, 0.717) is 12.3 Å². The highest BCUT2D eigenvalue weighted by Crippen LogP contribution is 2.34. The van der Waals surface area contributed by atoms with Gasteiger partial charge in [0, 0.05) is 12.5 Å². The predicted molar refractivity (Wildman–Crippen MR) is 68.5 cm³/mol. The number of rotatable bonds is 4. The second kappa shape index (κ2) is 4.91. The number of nitrogens with zero attached hydrogens (tertiary/aromatic N) is 4. The third-order valence-electron chi connectivity index (χ3n) is 3.51. The molecule has 2 aromatic heterocycles. The Balaban J connectivity index is 1.92. The van der Waals surface area contributed by atoms with Gasteiger partial charge < -0.3 is 10.8 Å². The summed E-state index contributed by atoms with van der Waals surface area (Å²) in [4.78, 5) is 0.806. The van der Waals surface area contributed by atoms with E-state index in [2.05, 4.69) is 15.3 Å². The summed E-state index contributed by atoms with van der Waals surface area (Å²) in [5, 5.41) is 22.7. The van der Waals surface area contributed by atoms with Crippen LogP contribution >= 0.6 is 11.3 Å². The van der Waals surface area contributed by atoms with E-state index >= 15 is 0 Å². The minimum Gasteiger partial charge on any atom is -0.396 e. The lowest BCUT2D eigenvalue weighted by Gasteiger charge is -2.05. The van der Waals surface area contributed by atoms with E-state index in [1.165, 1.54) is 37.0 Å². The Morgan fingerprint density at radius 2 is 2.17 bits per heavy atom. The summed E-state index contributed by atoms with van der Waals surface area (Å²) in [6, 6.07) is -0.210. The highest BCUT2D eigenvalue weighted by molar-refractivity contribution is 7.16. The first-order valence-electron chi connectivity index (χ1n) is 6.38. The minimum absolute atomic E-state index is 0.0802. The van der Waals surface area contributed by atoms with E-state index < -0.39 is 0 Å². The first-order valence-corrected chi connectivity index (χ1v) is 7.19. The monoisotopic (exact) mass is 267 g/mol. The normalized spacial score (nSPS) is 18.8. The minimum atomic E-state index is -0.210. The number of aromatic nitrogens is 4. The number of aliphatic hydroxyl groups is 1. The Kier molecular flexibility index (Phi) is 3.27. The van der Waals surface area contributed by atoms with Crippen molar-refractivity contribution < 1.29 is 5.11 Å². The van der Waals surface area contributed by atoms with E-state index in [1.807, 2.05) is 4.52 Å². The molecule has 0 spiro atoms. The fourth-order valence-corrected chi connectivity index (χ4v) is 3.38. The van der Waals surface area contributed by atoms with Crippen LogP contribution in [0.15, 0.2) is 0 Å². The molecule has 2 heterocycles. The molecule has 6 nitrogen and oxygen atoms in total. The molecule has 7 heteroatoms. The molecular formula is C11H17N5OS. The molecule has 1 saturated carbocycles. The first kappa shape index (κ1) is 12.0. The maximum absolute atomic E-state index is 8.91. The summed E-state index contributed by atoms with van der Waals surface area (Å²) in [5.74, 6) is 1.46. The van der Waals surface area contributed by atoms with Crippen molar-refractivity contribution in [2.45, 2.75) is 44.1 Å². The Labute approximate surface area is 109 Å². The summed E-state index contributed by atoms with van der Waals surface area (Å²) < 4.78 is 1.84. The third-order valence-corrected chi connectivity index (χ3v) is 4.54. The van der Waals surface area contributed by atoms with Crippen molar-refractivity contribution in [3.8, 4) is 0 Å². The zero-order valence-electron chi connectivity index (χ0n) is 10.1. The van der Waals surface area contributed by atoms with Crippen molar-refractivity contribution in [1.29, 1.82) is 0 Å². The van der Waals surface area contributed by atoms with Crippen molar-refractivity contribution in [1.82, 2.24) is 19.8 Å². The fraction of sp³-hybridized carbons (Fsp3) is 0.727. The molecular weight excluding hydrogens is 250 g/mol. The number of nitrogens with two attached hydrogens (primary N) is 1. The van der Waals surface area contributed by atoms with E-state index in [-0.39, 0.29) is 12.6 Å². The average Bonchev–Trinajstić information content (AvgIpc) is 3.04. The molecule has 2 aromatic rings. The molecule has 0 bridgehead atoms. The van der Waals surface area contributed by atoms with Gasteiger partial charge in [-0.05, 0) is 19.3 Å². The van der Waals surface area contributed by atoms with Crippen LogP contribution in [-0.2, 0) is 0 Å². The predicted octanol–water partition coefficient (Wildman–Crippen LogP) is 1.23. The quantitative estimate of drug-likeness (QED) is 0.869. The van der Waals surface area contributed by atoms with Crippen LogP contribution in [0.2, 0.25) is 0 Å². The van der Waals surface area contributed by atoms with Gasteiger partial charge in [-0.25, -0.2) is 0 Å². The van der Waals surface area contributed by atoms with E-state index in [0.717, 1.165) is 15.8 Å². The van der Waals surface area contributed by atoms with Crippen molar-refractivity contribution in [3.63, 3.8) is 0 Å². The van der Waals surface area contributed by atoms with Crippen molar-refractivity contribution in [2.24, 2.45) is 5.73 Å². The Morgan fingerprint density at radius 3 is 2.89 bits per heavy atom. The van der Waals surface area contributed by atoms with Gasteiger partial charge in [0.15, 0.2) is 5.82 Å². The molecule has 1 aliphatic carbocycles. The molecule has 18 heavy (non-hydrogen) atoms. The van der Waals surface area contributed by atoms with Crippen LogP contribution in [0.3, 0.4) is 0 Å². The van der Waals surface area contributed by atoms with Crippen LogP contribution in [0.1, 0.15) is 54.9 Å². The van der Waals surface area contributed by atoms with E-state index in [1.54, 1.807) is 0 Å². The molecule has 3 N–H and O–H groups in total. The largest absolute Gasteiger partial charge is 0.396 e. The van der Waals surface area contributed by atoms with Gasteiger partial charge in [0.05, 0.1) is 6.04 Å². The second-order valence-corrected chi connectivity index (χ2v) is 5.78. The van der Waals surface area contributed by atoms with Crippen molar-refractivity contribution in [3.05, 3.63) is 10.8 Å². The third kappa shape index (κ3) is 2.02. The number of aliphatic hydroxyl groups excluding tert-OH is 1. The van der Waals surface area contributed by atoms with Gasteiger partial charge in [-0.2, -0.15) is 9.61 Å². The highest BCUT2D eigenvalue weighted by Gasteiger charge is 2.24. The zero-order valence-corrected chi connectivity index (χ0v) is 10.9. The van der Waals surface area contributed by atoms with Crippen LogP contribution in [0.25, 0.3) is 4.96 Å². The van der Waals surface area contributed by atoms with Gasteiger partial charge >= 0.3 is 0 Å². The molecule has 1 fully saturated rings. The van der Waals surface area contributed by atoms with Gasteiger partial charge in [-0.15, -0.1) is 10.2 Å². The van der Waals surface area contributed by atoms with E-state index in [4.69, 9.17) is 10.8 Å². The summed E-state index contributed by atoms with van der Waals surface area (Å²) in [6.07, 6.45) is 5.41. The lowest BCUT2D eigenvalue weighted by Crippen LogP contribution is -2.12. The van der Waals surface area contributed by atoms with Crippen LogP contribution in [-0.4, -0.2) is 31.5 Å². The van der Waals surface area contributed by atoms with Crippen molar-refractivity contribution in [2.75, 3.05) is 6.61 Å². The standard InChI is InChI=1S/C11H17N5OS/c12-8(5-6-17)10-15-16-9(7-3-1-2-4-7)13-14-11(16)18-10/h7-8,17H,1-6,12H2. The van der Waals surface area contributed by atoms with Gasteiger partial charge in [-0.1, -0.05) is 24.2 Å². The molecule has 0 aromatic carbocycles. The summed E-state index contributed by atoms with van der Waals surface area (Å²) >= 11 is 1.47. The number of hydrogen-bond acceptors (Lipinski definition) is 6. The Morgan fingerprint density at radius 1 is 1.39 bits per heavy atom. The Hall–Kier alpha value is -1.05. The summed E-state index contributed by atoms with van der Waals surface area (Å²) in [7, 11) is 0. The number of hydrogen-bond donors (Lipinski definition) is 2. The fourth-order valence-electron chi connectivity index (χ4n) is 2.50. The molecule has 1 aliphatic rings. The SMILES string of the molecule is NC(CCO)c1nn2c(C3CCCC3)nnc2s1. The first-order chi connectivity index (χ1) is 8.79. The average molecular weight is 267 g/mol. The molecule has 0 aliphatic heterocycles. The molecule has 1 unspecified atom stereocenters. The van der Waals surface area contributed by atoms with Crippen LogP contribution in [0.4, 0.5) is 0 Å². The van der Waals surface area contributed by atoms with Crippen molar-refractivity contribution >= 4 is 16.3 Å². The van der Waals surface area contributed by atoms with Gasteiger partial charge in [-0.3, -0.25) is 0 Å². The number of fused-ring (bicyclic) bond motifs is 1. The van der Waals surface area contributed by atoms with Crippen LogP contribution < -0.4 is 5.73 Å². The highest BCUT2D eigenvalue weighted by atomic mass is 32.1. The van der Waals surface area contributed by atoms with E-state index in [9.17, 15) is 0 Å². The maximum atomic E-state index is 8.91. The van der Waals surface area contributed by atoms with Crippen LogP contribution in [0.5, 0.6) is 0 Å². The molecule has 0 saturated heterocycles. The molecule has 1 atom stereocenters. The van der Waals surface area contributed by atoms with Gasteiger partial charge in [0.25, 0.3) is 0 Å². The van der Waals surface area contributed by atoms with Gasteiger partial charge in [0.2, 0.25) is 4.96 Å². The Bertz CT molecular complexity index is 531. The lowest BCUT2D eigenvalue weighted by atomic mass is 10.1. The topological polar surface area (TPSA) is 89.3 Å². The molecule has 0 amide bonds. The summed E-state index contributed by atoms with van der Waals surface area (Å²) in [5.41, 5.74) is 5.96. The lowest BCUT2D eigenvalue weighted by molar-refractivity contribution is 0.276. The maximum Gasteiger partial charge on any atom is 0.234 e. The zero-order chi connectivity index (χ0) is 12.5. The molecule has 98 valence electrons.